The summed E-state index contributed by atoms with van der Waals surface area (Å²) in [4.78, 5) is 22.2. The highest BCUT2D eigenvalue weighted by molar-refractivity contribution is 7.90. The third-order valence-corrected chi connectivity index (χ3v) is 4.27. The Morgan fingerprint density at radius 2 is 1.89 bits per heavy atom. The first kappa shape index (κ1) is 15.7. The van der Waals surface area contributed by atoms with Crippen molar-refractivity contribution in [2.24, 2.45) is 5.41 Å². The van der Waals surface area contributed by atoms with E-state index in [1.165, 1.54) is 0 Å². The molecule has 1 fully saturated rings. The van der Waals surface area contributed by atoms with Crippen LogP contribution < -0.4 is 10.6 Å². The fourth-order valence-corrected chi connectivity index (χ4v) is 2.57. The quantitative estimate of drug-likeness (QED) is 0.610. The monoisotopic (exact) mass is 292 g/mol. The van der Waals surface area contributed by atoms with Crippen LogP contribution >= 0.6 is 0 Å². The van der Waals surface area contributed by atoms with Crippen LogP contribution in [-0.4, -0.2) is 50.6 Å². The number of carboxylic acids is 1. The second kappa shape index (κ2) is 6.23. The average Bonchev–Trinajstić information content (AvgIpc) is 2.19. The van der Waals surface area contributed by atoms with E-state index >= 15 is 0 Å². The molecule has 3 N–H and O–H groups in total. The topological polar surface area (TPSA) is 113 Å². The first-order chi connectivity index (χ1) is 8.72. The lowest BCUT2D eigenvalue weighted by atomic mass is 9.66. The molecule has 0 unspecified atom stereocenters. The molecule has 0 saturated heterocycles. The Hall–Kier alpha value is -1.31. The van der Waals surface area contributed by atoms with E-state index in [4.69, 9.17) is 5.11 Å². The predicted octanol–water partition coefficient (Wildman–Crippen LogP) is -0.0248. The Balaban J connectivity index is 2.27. The van der Waals surface area contributed by atoms with Crippen molar-refractivity contribution in [1.29, 1.82) is 0 Å². The molecule has 0 aromatic carbocycles. The van der Waals surface area contributed by atoms with Crippen LogP contribution in [0.4, 0.5) is 4.79 Å². The number of aliphatic carboxylic acids is 1. The molecule has 1 saturated carbocycles. The van der Waals surface area contributed by atoms with E-state index < -0.39 is 21.8 Å². The molecule has 1 rings (SSSR count). The van der Waals surface area contributed by atoms with Gasteiger partial charge in [0.1, 0.15) is 9.84 Å². The maximum Gasteiger partial charge on any atom is 0.314 e. The molecule has 0 radical (unpaired) electrons. The second-order valence-electron chi connectivity index (χ2n) is 5.16. The lowest BCUT2D eigenvalue weighted by Crippen LogP contribution is -2.47. The number of carbonyl (C=O) groups is 2. The van der Waals surface area contributed by atoms with Crippen molar-refractivity contribution in [3.63, 3.8) is 0 Å². The van der Waals surface area contributed by atoms with E-state index in [9.17, 15) is 18.0 Å². The van der Waals surface area contributed by atoms with Gasteiger partial charge in [-0.2, -0.15) is 0 Å². The SMILES string of the molecule is CS(=O)(=O)CCNC(=O)NCC1(CC(=O)O)CCC1. The molecule has 0 atom stereocenters. The molecule has 7 nitrogen and oxygen atoms in total. The molecule has 0 aromatic heterocycles. The predicted molar refractivity (Wildman–Crippen MR) is 69.6 cm³/mol. The van der Waals surface area contributed by atoms with Crippen molar-refractivity contribution < 1.29 is 23.1 Å². The number of carboxylic acid groups (broad SMARTS) is 1. The molecular weight excluding hydrogens is 272 g/mol. The Morgan fingerprint density at radius 3 is 2.32 bits per heavy atom. The molecule has 0 heterocycles. The Labute approximate surface area is 112 Å². The number of hydrogen-bond acceptors (Lipinski definition) is 4. The lowest BCUT2D eigenvalue weighted by molar-refractivity contribution is -0.141. The smallest absolute Gasteiger partial charge is 0.314 e. The zero-order chi connectivity index (χ0) is 14.5. The van der Waals surface area contributed by atoms with Gasteiger partial charge >= 0.3 is 12.0 Å². The van der Waals surface area contributed by atoms with Crippen LogP contribution in [0, 0.1) is 5.41 Å². The highest BCUT2D eigenvalue weighted by atomic mass is 32.2. The summed E-state index contributed by atoms with van der Waals surface area (Å²) < 4.78 is 21.7. The van der Waals surface area contributed by atoms with Gasteiger partial charge in [-0.25, -0.2) is 13.2 Å². The Morgan fingerprint density at radius 1 is 1.26 bits per heavy atom. The van der Waals surface area contributed by atoms with E-state index in [0.717, 1.165) is 25.5 Å². The minimum Gasteiger partial charge on any atom is -0.481 e. The van der Waals surface area contributed by atoms with Crippen molar-refractivity contribution in [1.82, 2.24) is 10.6 Å². The van der Waals surface area contributed by atoms with Crippen LogP contribution in [-0.2, 0) is 14.6 Å². The summed E-state index contributed by atoms with van der Waals surface area (Å²) in [6, 6.07) is -0.458. The summed E-state index contributed by atoms with van der Waals surface area (Å²) in [6.45, 7) is 0.362. The zero-order valence-corrected chi connectivity index (χ0v) is 11.8. The zero-order valence-electron chi connectivity index (χ0n) is 10.9. The standard InChI is InChI=1S/C11H20N2O5S/c1-19(17,18)6-5-12-10(16)13-8-11(3-2-4-11)7-9(14)15/h2-8H2,1H3,(H,14,15)(H2,12,13,16). The molecule has 0 aliphatic heterocycles. The van der Waals surface area contributed by atoms with Crippen LogP contribution in [0.1, 0.15) is 25.7 Å². The lowest BCUT2D eigenvalue weighted by Gasteiger charge is -2.40. The molecule has 1 aliphatic carbocycles. The summed E-state index contributed by atoms with van der Waals surface area (Å²) in [7, 11) is -3.09. The van der Waals surface area contributed by atoms with Crippen molar-refractivity contribution in [2.45, 2.75) is 25.7 Å². The van der Waals surface area contributed by atoms with Gasteiger partial charge in [-0.1, -0.05) is 6.42 Å². The minimum atomic E-state index is -3.09. The van der Waals surface area contributed by atoms with Gasteiger partial charge < -0.3 is 15.7 Å². The minimum absolute atomic E-state index is 0.0522. The number of carbonyl (C=O) groups excluding carboxylic acids is 1. The van der Waals surface area contributed by atoms with E-state index in [0.29, 0.717) is 6.54 Å². The third kappa shape index (κ3) is 5.91. The van der Waals surface area contributed by atoms with Crippen molar-refractivity contribution >= 4 is 21.8 Å². The maximum atomic E-state index is 11.4. The van der Waals surface area contributed by atoms with Gasteiger partial charge in [0.2, 0.25) is 0 Å². The first-order valence-electron chi connectivity index (χ1n) is 6.14. The molecule has 19 heavy (non-hydrogen) atoms. The summed E-state index contributed by atoms with van der Waals surface area (Å²) >= 11 is 0. The third-order valence-electron chi connectivity index (χ3n) is 3.32. The van der Waals surface area contributed by atoms with E-state index in [1.54, 1.807) is 0 Å². The molecule has 2 amide bonds. The number of sulfone groups is 1. The summed E-state index contributed by atoms with van der Waals surface area (Å²) in [6.07, 6.45) is 3.72. The summed E-state index contributed by atoms with van der Waals surface area (Å²) in [5.74, 6) is -0.972. The van der Waals surface area contributed by atoms with E-state index in [2.05, 4.69) is 10.6 Å². The van der Waals surface area contributed by atoms with Crippen LogP contribution in [0.2, 0.25) is 0 Å². The van der Waals surface area contributed by atoms with Crippen molar-refractivity contribution in [2.75, 3.05) is 25.1 Å². The molecule has 0 aromatic rings. The molecular formula is C11H20N2O5S. The van der Waals surface area contributed by atoms with Crippen molar-refractivity contribution in [3.8, 4) is 0 Å². The molecule has 0 bridgehead atoms. The van der Waals surface area contributed by atoms with Gasteiger partial charge in [0.05, 0.1) is 12.2 Å². The highest BCUT2D eigenvalue weighted by Gasteiger charge is 2.39. The highest BCUT2D eigenvalue weighted by Crippen LogP contribution is 2.43. The van der Waals surface area contributed by atoms with E-state index in [1.807, 2.05) is 0 Å². The molecule has 1 aliphatic rings. The van der Waals surface area contributed by atoms with Gasteiger partial charge in [0, 0.05) is 19.3 Å². The van der Waals surface area contributed by atoms with Crippen LogP contribution in [0.5, 0.6) is 0 Å². The van der Waals surface area contributed by atoms with Crippen LogP contribution in [0.3, 0.4) is 0 Å². The second-order valence-corrected chi connectivity index (χ2v) is 7.42. The largest absolute Gasteiger partial charge is 0.481 e. The van der Waals surface area contributed by atoms with Crippen LogP contribution in [0.25, 0.3) is 0 Å². The number of rotatable bonds is 7. The van der Waals surface area contributed by atoms with Gasteiger partial charge in [0.15, 0.2) is 0 Å². The summed E-state index contributed by atoms with van der Waals surface area (Å²) in [5.41, 5.74) is -0.333. The van der Waals surface area contributed by atoms with Gasteiger partial charge in [-0.05, 0) is 18.3 Å². The first-order valence-corrected chi connectivity index (χ1v) is 8.20. The maximum absolute atomic E-state index is 11.4. The molecule has 8 heteroatoms. The fourth-order valence-electron chi connectivity index (χ4n) is 2.09. The van der Waals surface area contributed by atoms with Gasteiger partial charge in [0.25, 0.3) is 0 Å². The number of nitrogens with one attached hydrogen (secondary N) is 2. The summed E-state index contributed by atoms with van der Waals surface area (Å²) in [5, 5.41) is 13.9. The number of urea groups is 1. The normalized spacial score (nSPS) is 17.3. The molecule has 110 valence electrons. The fraction of sp³-hybridized carbons (Fsp3) is 0.818. The van der Waals surface area contributed by atoms with Crippen molar-refractivity contribution in [3.05, 3.63) is 0 Å². The number of amides is 2. The van der Waals surface area contributed by atoms with Gasteiger partial charge in [-0.3, -0.25) is 4.79 Å². The Kier molecular flexibility index (Phi) is 5.16. The molecule has 0 spiro atoms. The average molecular weight is 292 g/mol. The number of hydrogen-bond donors (Lipinski definition) is 3. The Bertz CT molecular complexity index is 442. The van der Waals surface area contributed by atoms with E-state index in [-0.39, 0.29) is 24.1 Å². The van der Waals surface area contributed by atoms with Crippen LogP contribution in [0.15, 0.2) is 0 Å². The van der Waals surface area contributed by atoms with Gasteiger partial charge in [-0.15, -0.1) is 0 Å².